The number of aliphatic hydroxyl groups is 1. The van der Waals surface area contributed by atoms with Crippen LogP contribution < -0.4 is 5.73 Å². The highest BCUT2D eigenvalue weighted by Gasteiger charge is 2.52. The van der Waals surface area contributed by atoms with E-state index >= 15 is 8.78 Å². The molecule has 2 aromatic heterocycles. The summed E-state index contributed by atoms with van der Waals surface area (Å²) in [7, 11) is 0. The monoisotopic (exact) mass is 476 g/mol. The van der Waals surface area contributed by atoms with Gasteiger partial charge < -0.3 is 15.6 Å². The van der Waals surface area contributed by atoms with E-state index in [1.165, 1.54) is 24.3 Å². The lowest BCUT2D eigenvalue weighted by Crippen LogP contribution is -2.55. The van der Waals surface area contributed by atoms with Crippen LogP contribution in [0.2, 0.25) is 0 Å². The topological polar surface area (TPSA) is 85.7 Å². The first-order valence-corrected chi connectivity index (χ1v) is 11.8. The highest BCUT2D eigenvalue weighted by molar-refractivity contribution is 5.85. The molecule has 0 amide bonds. The summed E-state index contributed by atoms with van der Waals surface area (Å²) in [5, 5.41) is 9.81. The number of hydrogen-bond donors (Lipinski definition) is 2. The molecule has 0 radical (unpaired) electrons. The zero-order valence-corrected chi connectivity index (χ0v) is 19.1. The van der Waals surface area contributed by atoms with Crippen LogP contribution >= 0.6 is 0 Å². The van der Waals surface area contributed by atoms with Crippen molar-refractivity contribution in [3.63, 3.8) is 0 Å². The molecule has 6 nitrogen and oxygen atoms in total. The van der Waals surface area contributed by atoms with E-state index in [0.29, 0.717) is 29.2 Å². The summed E-state index contributed by atoms with van der Waals surface area (Å²) >= 11 is 0. The van der Waals surface area contributed by atoms with Gasteiger partial charge in [-0.05, 0) is 25.7 Å². The number of anilines is 1. The molecular formula is C27H26F2N4O2. The van der Waals surface area contributed by atoms with Gasteiger partial charge in [0.05, 0.1) is 24.2 Å². The first-order chi connectivity index (χ1) is 16.9. The molecule has 2 aromatic carbocycles. The number of aromatic nitrogens is 3. The van der Waals surface area contributed by atoms with Crippen LogP contribution in [0.3, 0.4) is 0 Å². The number of ether oxygens (including phenoxy) is 1. The molecule has 0 spiro atoms. The molecule has 4 aromatic rings. The van der Waals surface area contributed by atoms with Crippen molar-refractivity contribution >= 4 is 11.3 Å². The van der Waals surface area contributed by atoms with Gasteiger partial charge in [-0.25, -0.2) is 9.97 Å². The van der Waals surface area contributed by atoms with Crippen molar-refractivity contribution in [3.05, 3.63) is 83.9 Å². The summed E-state index contributed by atoms with van der Waals surface area (Å²) in [6.45, 7) is 0.490. The Hall–Kier alpha value is -3.36. The number of fused-ring (bicyclic) bond motifs is 4. The summed E-state index contributed by atoms with van der Waals surface area (Å²) in [6.07, 6.45) is 6.69. The smallest absolute Gasteiger partial charge is 0.298 e. The molecule has 35 heavy (non-hydrogen) atoms. The standard InChI is InChI=1S/C27H26F2N4O2/c28-27(29,19-4-2-1-3-5-19)20-8-6-18(7-9-20)21-22-23(30)31-14-15-33(22)24(32-21)25-10-12-26(16-34,13-11-25)35-17-25/h1-9,14-15,34H,10-13,16-17H2,(H2,30,31). The van der Waals surface area contributed by atoms with Gasteiger partial charge in [0.15, 0.2) is 0 Å². The van der Waals surface area contributed by atoms with E-state index in [9.17, 15) is 5.11 Å². The molecule has 2 bridgehead atoms. The molecule has 180 valence electrons. The van der Waals surface area contributed by atoms with Gasteiger partial charge in [-0.2, -0.15) is 8.78 Å². The van der Waals surface area contributed by atoms with Crippen LogP contribution in [0.25, 0.3) is 16.8 Å². The van der Waals surface area contributed by atoms with Crippen molar-refractivity contribution in [2.45, 2.75) is 42.6 Å². The quantitative estimate of drug-likeness (QED) is 0.437. The number of aliphatic hydroxyl groups excluding tert-OH is 1. The third kappa shape index (κ3) is 3.35. The number of benzene rings is 2. The maximum Gasteiger partial charge on any atom is 0.298 e. The first-order valence-electron chi connectivity index (χ1n) is 11.8. The third-order valence-corrected chi connectivity index (χ3v) is 7.78. The van der Waals surface area contributed by atoms with Crippen molar-refractivity contribution in [1.29, 1.82) is 0 Å². The summed E-state index contributed by atoms with van der Waals surface area (Å²) in [6, 6.07) is 14.0. The average Bonchev–Trinajstić information content (AvgIpc) is 3.32. The second-order valence-corrected chi connectivity index (χ2v) is 9.74. The van der Waals surface area contributed by atoms with E-state index < -0.39 is 11.5 Å². The molecule has 8 heteroatoms. The molecule has 4 heterocycles. The largest absolute Gasteiger partial charge is 0.393 e. The van der Waals surface area contributed by atoms with Gasteiger partial charge in [-0.3, -0.25) is 4.40 Å². The molecular weight excluding hydrogens is 450 g/mol. The SMILES string of the molecule is Nc1nccn2c(C34CCC(CO)(CC3)OC4)nc(-c3ccc(C(F)(F)c4ccccc4)cc3)c12. The normalized spacial score (nSPS) is 24.2. The van der Waals surface area contributed by atoms with Crippen LogP contribution in [0, 0.1) is 0 Å². The number of nitrogens with two attached hydrogens (primary N) is 1. The van der Waals surface area contributed by atoms with Crippen molar-refractivity contribution in [1.82, 2.24) is 14.4 Å². The van der Waals surface area contributed by atoms with Crippen LogP contribution in [0.1, 0.15) is 42.6 Å². The first kappa shape index (κ1) is 22.1. The van der Waals surface area contributed by atoms with E-state index in [1.54, 1.807) is 36.5 Å². The molecule has 2 aliphatic heterocycles. The van der Waals surface area contributed by atoms with Crippen molar-refractivity contribution in [2.24, 2.45) is 0 Å². The number of hydrogen-bond acceptors (Lipinski definition) is 5. The van der Waals surface area contributed by atoms with Gasteiger partial charge in [0.1, 0.15) is 22.9 Å². The minimum atomic E-state index is -3.11. The van der Waals surface area contributed by atoms with Gasteiger partial charge in [0.2, 0.25) is 0 Å². The number of imidazole rings is 1. The maximum atomic E-state index is 15.1. The van der Waals surface area contributed by atoms with Crippen LogP contribution in [0.15, 0.2) is 67.0 Å². The molecule has 7 rings (SSSR count). The Morgan fingerprint density at radius 2 is 1.69 bits per heavy atom. The van der Waals surface area contributed by atoms with E-state index in [4.69, 9.17) is 15.5 Å². The fourth-order valence-corrected chi connectivity index (χ4v) is 5.55. The Balaban J connectivity index is 1.42. The van der Waals surface area contributed by atoms with Crippen LogP contribution in [-0.2, 0) is 16.1 Å². The van der Waals surface area contributed by atoms with Crippen molar-refractivity contribution < 1.29 is 18.6 Å². The number of halogens is 2. The highest BCUT2D eigenvalue weighted by Crippen LogP contribution is 2.50. The molecule has 3 aliphatic rings. The van der Waals surface area contributed by atoms with Crippen molar-refractivity contribution in [2.75, 3.05) is 18.9 Å². The molecule has 3 fully saturated rings. The van der Waals surface area contributed by atoms with Crippen molar-refractivity contribution in [3.8, 4) is 11.3 Å². The fourth-order valence-electron chi connectivity index (χ4n) is 5.55. The maximum absolute atomic E-state index is 15.1. The van der Waals surface area contributed by atoms with Gasteiger partial charge in [-0.15, -0.1) is 0 Å². The van der Waals surface area contributed by atoms with Gasteiger partial charge in [-0.1, -0.05) is 54.6 Å². The Kier molecular flexibility index (Phi) is 4.95. The third-order valence-electron chi connectivity index (χ3n) is 7.78. The lowest BCUT2D eigenvalue weighted by atomic mass is 9.66. The van der Waals surface area contributed by atoms with Gasteiger partial charge >= 0.3 is 0 Å². The summed E-state index contributed by atoms with van der Waals surface area (Å²) in [5.74, 6) is -1.95. The Morgan fingerprint density at radius 1 is 1.00 bits per heavy atom. The van der Waals surface area contributed by atoms with E-state index in [2.05, 4.69) is 4.98 Å². The number of rotatable bonds is 5. The fraction of sp³-hybridized carbons (Fsp3) is 0.333. The average molecular weight is 477 g/mol. The van der Waals surface area contributed by atoms with Gasteiger partial charge in [0.25, 0.3) is 5.92 Å². The predicted octanol–water partition coefficient (Wildman–Crippen LogP) is 4.69. The second-order valence-electron chi connectivity index (χ2n) is 9.74. The Labute approximate surface area is 201 Å². The number of nitrogens with zero attached hydrogens (tertiary/aromatic N) is 3. The molecule has 1 aliphatic carbocycles. The number of nitrogen functional groups attached to an aromatic ring is 1. The summed E-state index contributed by atoms with van der Waals surface area (Å²) in [4.78, 5) is 9.29. The highest BCUT2D eigenvalue weighted by atomic mass is 19.3. The van der Waals surface area contributed by atoms with Crippen LogP contribution in [0.4, 0.5) is 14.6 Å². The Morgan fingerprint density at radius 3 is 2.31 bits per heavy atom. The minimum Gasteiger partial charge on any atom is -0.393 e. The molecule has 3 N–H and O–H groups in total. The zero-order valence-electron chi connectivity index (χ0n) is 19.1. The molecule has 2 saturated heterocycles. The lowest BCUT2D eigenvalue weighted by molar-refractivity contribution is -0.177. The zero-order chi connectivity index (χ0) is 24.3. The summed E-state index contributed by atoms with van der Waals surface area (Å²) in [5.41, 5.74) is 7.36. The van der Waals surface area contributed by atoms with Crippen LogP contribution in [-0.4, -0.2) is 38.3 Å². The lowest BCUT2D eigenvalue weighted by Gasteiger charge is -2.51. The molecule has 1 saturated carbocycles. The van der Waals surface area contributed by atoms with E-state index in [0.717, 1.165) is 31.5 Å². The second kappa shape index (κ2) is 7.83. The molecule has 0 atom stereocenters. The van der Waals surface area contributed by atoms with E-state index in [-0.39, 0.29) is 23.1 Å². The van der Waals surface area contributed by atoms with E-state index in [1.807, 2.05) is 10.6 Å². The summed E-state index contributed by atoms with van der Waals surface area (Å²) < 4.78 is 38.2. The molecule has 0 unspecified atom stereocenters. The minimum absolute atomic E-state index is 0.0213. The Bertz CT molecular complexity index is 1360. The van der Waals surface area contributed by atoms with Crippen LogP contribution in [0.5, 0.6) is 0 Å². The predicted molar refractivity (Wildman–Crippen MR) is 128 cm³/mol. The van der Waals surface area contributed by atoms with Gasteiger partial charge in [0, 0.05) is 29.1 Å². The number of alkyl halides is 2.